The molecule has 0 saturated heterocycles. The fourth-order valence-electron chi connectivity index (χ4n) is 1.13. The van der Waals surface area contributed by atoms with E-state index in [0.717, 1.165) is 5.69 Å². The molecule has 1 aromatic carbocycles. The molecule has 0 fully saturated rings. The maximum absolute atomic E-state index is 10.9. The fraction of sp³-hybridized carbons (Fsp3) is 0.364. The molecule has 0 aliphatic heterocycles. The normalized spacial score (nSPS) is 11.9. The van der Waals surface area contributed by atoms with Crippen molar-refractivity contribution in [2.24, 2.45) is 11.7 Å². The van der Waals surface area contributed by atoms with Crippen molar-refractivity contribution in [2.45, 2.75) is 6.92 Å². The summed E-state index contributed by atoms with van der Waals surface area (Å²) in [7, 11) is 1.58. The standard InChI is InChI=1S/C11H15ClN2O2/c1-7(11(13)15)6-14-10-5-8(16-2)3-4-9(10)12/h3-5,7,14H,6H2,1-2H3,(H2,13,15). The van der Waals surface area contributed by atoms with Crippen LogP contribution in [0.5, 0.6) is 5.75 Å². The predicted molar refractivity (Wildman–Crippen MR) is 64.9 cm³/mol. The van der Waals surface area contributed by atoms with Crippen molar-refractivity contribution >= 4 is 23.2 Å². The summed E-state index contributed by atoms with van der Waals surface area (Å²) < 4.78 is 5.07. The molecule has 0 saturated carbocycles. The fourth-order valence-corrected chi connectivity index (χ4v) is 1.31. The predicted octanol–water partition coefficient (Wildman–Crippen LogP) is 1.88. The number of carbonyl (C=O) groups is 1. The van der Waals surface area contributed by atoms with Crippen LogP contribution in [0.4, 0.5) is 5.69 Å². The van der Waals surface area contributed by atoms with Crippen LogP contribution in [0.1, 0.15) is 6.92 Å². The highest BCUT2D eigenvalue weighted by Gasteiger charge is 2.09. The molecule has 1 amide bonds. The molecule has 0 bridgehead atoms. The zero-order valence-electron chi connectivity index (χ0n) is 9.29. The molecule has 0 aliphatic rings. The topological polar surface area (TPSA) is 64.3 Å². The smallest absolute Gasteiger partial charge is 0.222 e. The van der Waals surface area contributed by atoms with Crippen LogP contribution in [-0.2, 0) is 4.79 Å². The van der Waals surface area contributed by atoms with Crippen molar-refractivity contribution in [3.8, 4) is 5.75 Å². The summed E-state index contributed by atoms with van der Waals surface area (Å²) in [6.07, 6.45) is 0. The zero-order valence-corrected chi connectivity index (χ0v) is 10.0. The molecule has 5 heteroatoms. The van der Waals surface area contributed by atoms with Gasteiger partial charge in [0.1, 0.15) is 5.75 Å². The van der Waals surface area contributed by atoms with Crippen molar-refractivity contribution < 1.29 is 9.53 Å². The lowest BCUT2D eigenvalue weighted by molar-refractivity contribution is -0.120. The van der Waals surface area contributed by atoms with Gasteiger partial charge in [-0.1, -0.05) is 18.5 Å². The first kappa shape index (κ1) is 12.6. The number of primary amides is 1. The first-order valence-electron chi connectivity index (χ1n) is 4.91. The Morgan fingerprint density at radius 3 is 2.88 bits per heavy atom. The summed E-state index contributed by atoms with van der Waals surface area (Å²) in [6.45, 7) is 2.20. The lowest BCUT2D eigenvalue weighted by atomic mass is 10.1. The van der Waals surface area contributed by atoms with Gasteiger partial charge in [0.15, 0.2) is 0 Å². The Balaban J connectivity index is 2.69. The van der Waals surface area contributed by atoms with Crippen molar-refractivity contribution in [3.63, 3.8) is 0 Å². The van der Waals surface area contributed by atoms with Gasteiger partial charge in [0.25, 0.3) is 0 Å². The van der Waals surface area contributed by atoms with Gasteiger partial charge in [-0.2, -0.15) is 0 Å². The molecule has 0 aliphatic carbocycles. The number of halogens is 1. The highest BCUT2D eigenvalue weighted by Crippen LogP contribution is 2.26. The molecule has 1 unspecified atom stereocenters. The van der Waals surface area contributed by atoms with Crippen LogP contribution in [0.3, 0.4) is 0 Å². The van der Waals surface area contributed by atoms with Crippen LogP contribution < -0.4 is 15.8 Å². The number of amides is 1. The van der Waals surface area contributed by atoms with E-state index in [1.54, 1.807) is 32.2 Å². The van der Waals surface area contributed by atoms with Crippen LogP contribution in [0, 0.1) is 5.92 Å². The van der Waals surface area contributed by atoms with E-state index in [-0.39, 0.29) is 11.8 Å². The number of nitrogens with two attached hydrogens (primary N) is 1. The third-order valence-corrected chi connectivity index (χ3v) is 2.59. The maximum Gasteiger partial charge on any atom is 0.222 e. The second-order valence-electron chi connectivity index (χ2n) is 3.53. The molecule has 4 nitrogen and oxygen atoms in total. The lowest BCUT2D eigenvalue weighted by Crippen LogP contribution is -2.26. The Labute approximate surface area is 99.7 Å². The molecule has 1 rings (SSSR count). The lowest BCUT2D eigenvalue weighted by Gasteiger charge is -2.12. The number of anilines is 1. The number of benzene rings is 1. The highest BCUT2D eigenvalue weighted by molar-refractivity contribution is 6.33. The molecule has 16 heavy (non-hydrogen) atoms. The second-order valence-corrected chi connectivity index (χ2v) is 3.94. The van der Waals surface area contributed by atoms with Gasteiger partial charge in [-0.3, -0.25) is 4.79 Å². The maximum atomic E-state index is 10.9. The summed E-state index contributed by atoms with van der Waals surface area (Å²) in [6, 6.07) is 5.28. The molecular formula is C11H15ClN2O2. The highest BCUT2D eigenvalue weighted by atomic mass is 35.5. The minimum atomic E-state index is -0.341. The molecule has 0 radical (unpaired) electrons. The van der Waals surface area contributed by atoms with E-state index in [1.165, 1.54) is 0 Å². The van der Waals surface area contributed by atoms with E-state index in [1.807, 2.05) is 0 Å². The Bertz CT molecular complexity index is 382. The molecule has 1 aromatic rings. The molecular weight excluding hydrogens is 228 g/mol. The first-order valence-corrected chi connectivity index (χ1v) is 5.29. The molecule has 1 atom stereocenters. The first-order chi connectivity index (χ1) is 7.54. The second kappa shape index (κ2) is 5.61. The SMILES string of the molecule is COc1ccc(Cl)c(NCC(C)C(N)=O)c1. The molecule has 0 heterocycles. The van der Waals surface area contributed by atoms with Gasteiger partial charge in [-0.25, -0.2) is 0 Å². The minimum Gasteiger partial charge on any atom is -0.497 e. The van der Waals surface area contributed by atoms with E-state index >= 15 is 0 Å². The van der Waals surface area contributed by atoms with E-state index < -0.39 is 0 Å². The van der Waals surface area contributed by atoms with Crippen LogP contribution in [-0.4, -0.2) is 19.6 Å². The summed E-state index contributed by atoms with van der Waals surface area (Å²) in [5.41, 5.74) is 5.89. The van der Waals surface area contributed by atoms with E-state index in [0.29, 0.717) is 17.3 Å². The molecule has 88 valence electrons. The van der Waals surface area contributed by atoms with Gasteiger partial charge in [-0.05, 0) is 12.1 Å². The average molecular weight is 243 g/mol. The summed E-state index contributed by atoms with van der Waals surface area (Å²) >= 11 is 5.98. The number of hydrogen-bond acceptors (Lipinski definition) is 3. The summed E-state index contributed by atoms with van der Waals surface area (Å²) in [5.74, 6) is 0.118. The van der Waals surface area contributed by atoms with E-state index in [4.69, 9.17) is 22.1 Å². The monoisotopic (exact) mass is 242 g/mol. The van der Waals surface area contributed by atoms with Gasteiger partial charge in [0.2, 0.25) is 5.91 Å². The third-order valence-electron chi connectivity index (χ3n) is 2.26. The van der Waals surface area contributed by atoms with Crippen LogP contribution in [0.25, 0.3) is 0 Å². The quantitative estimate of drug-likeness (QED) is 0.829. The van der Waals surface area contributed by atoms with Gasteiger partial charge in [0.05, 0.1) is 23.7 Å². The largest absolute Gasteiger partial charge is 0.497 e. The minimum absolute atomic E-state index is 0.248. The number of ether oxygens (including phenoxy) is 1. The average Bonchev–Trinajstić information content (AvgIpc) is 2.27. The van der Waals surface area contributed by atoms with Gasteiger partial charge >= 0.3 is 0 Å². The Hall–Kier alpha value is -1.42. The summed E-state index contributed by atoms with van der Waals surface area (Å²) in [5, 5.41) is 3.64. The summed E-state index contributed by atoms with van der Waals surface area (Å²) in [4.78, 5) is 10.9. The van der Waals surface area contributed by atoms with Crippen LogP contribution in [0.15, 0.2) is 18.2 Å². The van der Waals surface area contributed by atoms with Crippen molar-refractivity contribution in [1.29, 1.82) is 0 Å². The van der Waals surface area contributed by atoms with Crippen molar-refractivity contribution in [2.75, 3.05) is 19.0 Å². The number of methoxy groups -OCH3 is 1. The zero-order chi connectivity index (χ0) is 12.1. The van der Waals surface area contributed by atoms with Gasteiger partial charge in [0, 0.05) is 12.6 Å². The van der Waals surface area contributed by atoms with Gasteiger partial charge in [-0.15, -0.1) is 0 Å². The number of nitrogens with one attached hydrogen (secondary N) is 1. The third kappa shape index (κ3) is 3.31. The van der Waals surface area contributed by atoms with E-state index in [2.05, 4.69) is 5.32 Å². The van der Waals surface area contributed by atoms with Crippen molar-refractivity contribution in [1.82, 2.24) is 0 Å². The Kier molecular flexibility index (Phi) is 4.43. The van der Waals surface area contributed by atoms with Gasteiger partial charge < -0.3 is 15.8 Å². The number of carbonyl (C=O) groups excluding carboxylic acids is 1. The van der Waals surface area contributed by atoms with E-state index in [9.17, 15) is 4.79 Å². The molecule has 3 N–H and O–H groups in total. The van der Waals surface area contributed by atoms with Crippen LogP contribution >= 0.6 is 11.6 Å². The van der Waals surface area contributed by atoms with Crippen molar-refractivity contribution in [3.05, 3.63) is 23.2 Å². The Morgan fingerprint density at radius 1 is 1.62 bits per heavy atom. The molecule has 0 spiro atoms. The molecule has 0 aromatic heterocycles. The number of hydrogen-bond donors (Lipinski definition) is 2. The Morgan fingerprint density at radius 2 is 2.31 bits per heavy atom. The number of rotatable bonds is 5. The van der Waals surface area contributed by atoms with Crippen LogP contribution in [0.2, 0.25) is 5.02 Å².